The lowest BCUT2D eigenvalue weighted by atomic mass is 9.93. The lowest BCUT2D eigenvalue weighted by molar-refractivity contribution is 0.669. The van der Waals surface area contributed by atoms with Gasteiger partial charge in [0.05, 0.1) is 6.54 Å². The number of hydrogen-bond donors (Lipinski definition) is 0. The Bertz CT molecular complexity index is 3730. The molecule has 9 aromatic carbocycles. The molecule has 298 valence electrons. The topological polar surface area (TPSA) is 50.2 Å². The minimum Gasteiger partial charge on any atom is -0.456 e. The van der Waals surface area contributed by atoms with Gasteiger partial charge in [-0.3, -0.25) is 4.99 Å². The zero-order valence-electron chi connectivity index (χ0n) is 34.4. The van der Waals surface area contributed by atoms with Crippen LogP contribution >= 0.6 is 11.3 Å². The molecule has 2 aromatic heterocycles. The molecule has 11 aromatic rings. The molecule has 4 nitrogen and oxygen atoms in total. The Labute approximate surface area is 368 Å². The zero-order chi connectivity index (χ0) is 42.4. The third kappa shape index (κ3) is 6.58. The van der Waals surface area contributed by atoms with Gasteiger partial charge in [-0.1, -0.05) is 165 Å². The minimum atomic E-state index is 0.452. The first-order chi connectivity index (χ1) is 31.1. The van der Waals surface area contributed by atoms with E-state index in [1.54, 1.807) is 17.4 Å². The molecular formula is C58H39N3OS. The van der Waals surface area contributed by atoms with E-state index in [4.69, 9.17) is 14.4 Å². The second-order valence-corrected chi connectivity index (χ2v) is 16.7. The van der Waals surface area contributed by atoms with Crippen LogP contribution in [0.25, 0.3) is 91.1 Å². The van der Waals surface area contributed by atoms with Crippen molar-refractivity contribution < 1.29 is 4.42 Å². The summed E-state index contributed by atoms with van der Waals surface area (Å²) in [5.74, 6) is 1.04. The number of rotatable bonds is 8. The van der Waals surface area contributed by atoms with Gasteiger partial charge in [0, 0.05) is 42.1 Å². The molecule has 0 saturated carbocycles. The molecule has 11 rings (SSSR count). The highest BCUT2D eigenvalue weighted by Crippen LogP contribution is 2.43. The fourth-order valence-electron chi connectivity index (χ4n) is 9.10. The summed E-state index contributed by atoms with van der Waals surface area (Å²) in [6.45, 7) is 12.4. The second kappa shape index (κ2) is 15.8. The number of nitrogens with zero attached hydrogens (tertiary/aromatic N) is 3. The molecular weight excluding hydrogens is 787 g/mol. The van der Waals surface area contributed by atoms with E-state index in [2.05, 4.69) is 164 Å². The quantitative estimate of drug-likeness (QED) is 0.0651. The predicted molar refractivity (Wildman–Crippen MR) is 272 cm³/mol. The van der Waals surface area contributed by atoms with Crippen molar-refractivity contribution in [3.05, 3.63) is 223 Å². The van der Waals surface area contributed by atoms with Crippen LogP contribution in [0, 0.1) is 0 Å². The minimum absolute atomic E-state index is 0.452. The van der Waals surface area contributed by atoms with Crippen LogP contribution in [0.15, 0.2) is 221 Å². The summed E-state index contributed by atoms with van der Waals surface area (Å²) < 4.78 is 8.99. The summed E-state index contributed by atoms with van der Waals surface area (Å²) in [6, 6.07) is 59.8. The maximum atomic E-state index is 6.54. The number of hydrogen-bond acceptors (Lipinski definition) is 3. The first kappa shape index (κ1) is 38.0. The van der Waals surface area contributed by atoms with Crippen molar-refractivity contribution >= 4 is 110 Å². The van der Waals surface area contributed by atoms with Gasteiger partial charge in [-0.25, -0.2) is 9.98 Å². The Morgan fingerprint density at radius 3 is 1.98 bits per heavy atom. The Balaban J connectivity index is 1.07. The summed E-state index contributed by atoms with van der Waals surface area (Å²) in [4.78, 5) is 15.1. The van der Waals surface area contributed by atoms with E-state index in [1.165, 1.54) is 47.1 Å². The molecule has 0 radical (unpaired) electrons. The molecule has 2 heterocycles. The largest absolute Gasteiger partial charge is 0.456 e. The highest BCUT2D eigenvalue weighted by atomic mass is 32.1. The summed E-state index contributed by atoms with van der Waals surface area (Å²) in [6.07, 6.45) is 5.68. The maximum absolute atomic E-state index is 6.54. The van der Waals surface area contributed by atoms with Crippen LogP contribution in [0.4, 0.5) is 0 Å². The van der Waals surface area contributed by atoms with E-state index < -0.39 is 0 Å². The monoisotopic (exact) mass is 825 g/mol. The van der Waals surface area contributed by atoms with Gasteiger partial charge in [-0.15, -0.1) is 11.3 Å². The average molecular weight is 826 g/mol. The molecule has 0 spiro atoms. The molecule has 0 fully saturated rings. The van der Waals surface area contributed by atoms with E-state index in [9.17, 15) is 0 Å². The Morgan fingerprint density at radius 1 is 0.540 bits per heavy atom. The number of allylic oxidation sites excluding steroid dienone is 4. The predicted octanol–water partition coefficient (Wildman–Crippen LogP) is 15.9. The summed E-state index contributed by atoms with van der Waals surface area (Å²) in [5.41, 5.74) is 8.76. The maximum Gasteiger partial charge on any atom is 0.161 e. The third-order valence-corrected chi connectivity index (χ3v) is 13.1. The third-order valence-electron chi connectivity index (χ3n) is 12.0. The summed E-state index contributed by atoms with van der Waals surface area (Å²) in [7, 11) is 0. The first-order valence-corrected chi connectivity index (χ1v) is 21.8. The highest BCUT2D eigenvalue weighted by molar-refractivity contribution is 7.26. The smallest absolute Gasteiger partial charge is 0.161 e. The molecule has 5 heteroatoms. The number of benzene rings is 9. The molecule has 0 saturated heterocycles. The van der Waals surface area contributed by atoms with Gasteiger partial charge in [0.2, 0.25) is 0 Å². The number of amidine groups is 2. The van der Waals surface area contributed by atoms with Gasteiger partial charge in [-0.2, -0.15) is 0 Å². The van der Waals surface area contributed by atoms with Crippen LogP contribution in [0.3, 0.4) is 0 Å². The van der Waals surface area contributed by atoms with Crippen LogP contribution in [0.5, 0.6) is 0 Å². The van der Waals surface area contributed by atoms with Crippen LogP contribution < -0.4 is 0 Å². The molecule has 0 atom stereocenters. The van der Waals surface area contributed by atoms with Gasteiger partial charge >= 0.3 is 0 Å². The fraction of sp³-hybridized carbons (Fsp3) is 0.0172. The molecule has 0 amide bonds. The normalized spacial score (nSPS) is 12.7. The molecule has 63 heavy (non-hydrogen) atoms. The number of fused-ring (bicyclic) bond motifs is 12. The van der Waals surface area contributed by atoms with Crippen LogP contribution in [-0.4, -0.2) is 18.4 Å². The van der Waals surface area contributed by atoms with Crippen molar-refractivity contribution in [2.24, 2.45) is 15.0 Å². The Kier molecular flexibility index (Phi) is 9.52. The van der Waals surface area contributed by atoms with E-state index in [1.807, 2.05) is 42.5 Å². The van der Waals surface area contributed by atoms with Crippen molar-refractivity contribution in [2.75, 3.05) is 0 Å². The second-order valence-electron chi connectivity index (χ2n) is 15.6. The molecule has 0 N–H and O–H groups in total. The molecule has 0 aliphatic carbocycles. The van der Waals surface area contributed by atoms with Crippen molar-refractivity contribution in [1.29, 1.82) is 0 Å². The van der Waals surface area contributed by atoms with E-state index in [-0.39, 0.29) is 0 Å². The molecule has 0 unspecified atom stereocenters. The van der Waals surface area contributed by atoms with E-state index in [0.29, 0.717) is 18.2 Å². The number of thiophene rings is 1. The van der Waals surface area contributed by atoms with Gasteiger partial charge in [0.1, 0.15) is 11.2 Å². The number of furan rings is 1. The number of aliphatic imine (C=N–C) groups is 3. The molecule has 0 aliphatic heterocycles. The lowest BCUT2D eigenvalue weighted by Gasteiger charge is -2.12. The van der Waals surface area contributed by atoms with Gasteiger partial charge in [0.15, 0.2) is 11.7 Å². The van der Waals surface area contributed by atoms with Gasteiger partial charge < -0.3 is 4.42 Å². The SMILES string of the molecule is C=C/C=C(\C=C)c1ccc2c(c1)sc1cccc(-c3ccc4oc5cccc(C(N=C)=NC(=NCc6ccccc6)c6ccc7c8ccccc8c8ccccc8c7c6)c5c4c3)c12. The first-order valence-electron chi connectivity index (χ1n) is 20.9. The van der Waals surface area contributed by atoms with Crippen LogP contribution in [0.2, 0.25) is 0 Å². The Hall–Kier alpha value is -7.99. The lowest BCUT2D eigenvalue weighted by Crippen LogP contribution is -2.06. The van der Waals surface area contributed by atoms with Crippen molar-refractivity contribution in [2.45, 2.75) is 6.54 Å². The van der Waals surface area contributed by atoms with E-state index >= 15 is 0 Å². The molecule has 0 aliphatic rings. The summed E-state index contributed by atoms with van der Waals surface area (Å²) in [5, 5.41) is 11.5. The standard InChI is InChI=1S/C58H39N3OS/c1-4-15-37(5-2)38-26-30-47-54(34-38)63-53-25-14-22-41(56(47)53)39-28-31-51-50(32-39)55-48(23-13-24-52(55)62-51)58(59-3)61-57(60-35-36-16-7-6-8-17-36)40-27-29-46-44-20-10-9-18-42(44)43-19-11-12-21-45(43)49(46)33-40/h4-34H,1-3,35H2/b37-15+,60-57?,61-58?. The van der Waals surface area contributed by atoms with Crippen LogP contribution in [0.1, 0.15) is 22.3 Å². The summed E-state index contributed by atoms with van der Waals surface area (Å²) >= 11 is 1.80. The zero-order valence-corrected chi connectivity index (χ0v) is 35.2. The van der Waals surface area contributed by atoms with E-state index in [0.717, 1.165) is 66.3 Å². The van der Waals surface area contributed by atoms with Crippen molar-refractivity contribution in [3.8, 4) is 11.1 Å². The van der Waals surface area contributed by atoms with Crippen LogP contribution in [-0.2, 0) is 6.54 Å². The van der Waals surface area contributed by atoms with Crippen molar-refractivity contribution in [3.63, 3.8) is 0 Å². The van der Waals surface area contributed by atoms with Gasteiger partial charge in [0.25, 0.3) is 0 Å². The van der Waals surface area contributed by atoms with Gasteiger partial charge in [-0.05, 0) is 103 Å². The molecule has 0 bridgehead atoms. The highest BCUT2D eigenvalue weighted by Gasteiger charge is 2.19. The fourth-order valence-corrected chi connectivity index (χ4v) is 10.3. The van der Waals surface area contributed by atoms with Crippen molar-refractivity contribution in [1.82, 2.24) is 0 Å². The average Bonchev–Trinajstić information content (AvgIpc) is 3.91. The Morgan fingerprint density at radius 2 is 1.24 bits per heavy atom.